The fourth-order valence-electron chi connectivity index (χ4n) is 2.00. The van der Waals surface area contributed by atoms with Crippen molar-refractivity contribution in [2.45, 2.75) is 32.6 Å². The quantitative estimate of drug-likeness (QED) is 0.804. The number of nitrogens with zero attached hydrogens (tertiary/aromatic N) is 2. The van der Waals surface area contributed by atoms with Crippen LogP contribution in [0.3, 0.4) is 0 Å². The number of anilines is 2. The molecule has 16 heavy (non-hydrogen) atoms. The van der Waals surface area contributed by atoms with E-state index in [0.29, 0.717) is 5.41 Å². The summed E-state index contributed by atoms with van der Waals surface area (Å²) in [5.41, 5.74) is 5.77. The topological polar surface area (TPSA) is 63.8 Å². The number of hydrogen-bond acceptors (Lipinski definition) is 4. The maximum Gasteiger partial charge on any atom is 0.222 e. The van der Waals surface area contributed by atoms with Crippen molar-refractivity contribution in [3.05, 3.63) is 12.0 Å². The summed E-state index contributed by atoms with van der Waals surface area (Å²) >= 11 is 0. The molecule has 0 spiro atoms. The fourth-order valence-corrected chi connectivity index (χ4v) is 2.00. The second kappa shape index (κ2) is 4.23. The molecule has 88 valence electrons. The Kier molecular flexibility index (Phi) is 2.94. The van der Waals surface area contributed by atoms with E-state index >= 15 is 0 Å². The maximum atomic E-state index is 13.3. The van der Waals surface area contributed by atoms with Gasteiger partial charge in [-0.15, -0.1) is 0 Å². The highest BCUT2D eigenvalue weighted by atomic mass is 19.1. The average Bonchev–Trinajstić information content (AvgIpc) is 3.01. The monoisotopic (exact) mass is 224 g/mol. The van der Waals surface area contributed by atoms with Crippen LogP contribution < -0.4 is 11.1 Å². The second-order valence-electron chi connectivity index (χ2n) is 4.53. The Labute approximate surface area is 94.5 Å². The van der Waals surface area contributed by atoms with Crippen LogP contribution in [0, 0.1) is 11.2 Å². The standard InChI is InChI=1S/C11H17FN4/c1-2-3-11(4-5-11)7-15-9-8(12)6-14-10(13)16-9/h6H,2-5,7H2,1H3,(H3,13,14,15,16). The Bertz CT molecular complexity index is 376. The zero-order valence-electron chi connectivity index (χ0n) is 9.46. The third-order valence-electron chi connectivity index (χ3n) is 3.13. The number of halogens is 1. The van der Waals surface area contributed by atoms with Crippen LogP contribution in [-0.4, -0.2) is 16.5 Å². The van der Waals surface area contributed by atoms with E-state index in [0.717, 1.165) is 19.2 Å². The number of hydrogen-bond donors (Lipinski definition) is 2. The van der Waals surface area contributed by atoms with Gasteiger partial charge < -0.3 is 11.1 Å². The summed E-state index contributed by atoms with van der Waals surface area (Å²) in [5, 5.41) is 3.04. The minimum absolute atomic E-state index is 0.101. The smallest absolute Gasteiger partial charge is 0.222 e. The van der Waals surface area contributed by atoms with E-state index in [1.807, 2.05) is 0 Å². The lowest BCUT2D eigenvalue weighted by Gasteiger charge is -2.15. The fraction of sp³-hybridized carbons (Fsp3) is 0.636. The molecule has 0 bridgehead atoms. The van der Waals surface area contributed by atoms with E-state index in [1.54, 1.807) is 0 Å². The molecule has 0 aliphatic heterocycles. The van der Waals surface area contributed by atoms with Gasteiger partial charge in [0, 0.05) is 6.54 Å². The highest BCUT2D eigenvalue weighted by Gasteiger charge is 2.41. The SMILES string of the molecule is CCCC1(CNc2nc(N)ncc2F)CC1. The summed E-state index contributed by atoms with van der Waals surface area (Å²) in [6, 6.07) is 0. The van der Waals surface area contributed by atoms with E-state index in [2.05, 4.69) is 22.2 Å². The summed E-state index contributed by atoms with van der Waals surface area (Å²) in [5.74, 6) is -0.124. The molecule has 1 fully saturated rings. The van der Waals surface area contributed by atoms with Gasteiger partial charge in [0.2, 0.25) is 5.95 Å². The Morgan fingerprint density at radius 3 is 2.94 bits per heavy atom. The molecule has 1 aliphatic carbocycles. The molecule has 1 saturated carbocycles. The van der Waals surface area contributed by atoms with Gasteiger partial charge in [-0.25, -0.2) is 9.37 Å². The molecular formula is C11H17FN4. The van der Waals surface area contributed by atoms with Crippen LogP contribution >= 0.6 is 0 Å². The number of nitrogen functional groups attached to an aromatic ring is 1. The van der Waals surface area contributed by atoms with Crippen molar-refractivity contribution >= 4 is 11.8 Å². The van der Waals surface area contributed by atoms with Gasteiger partial charge in [-0.05, 0) is 24.7 Å². The molecule has 5 heteroatoms. The number of nitrogens with two attached hydrogens (primary N) is 1. The lowest BCUT2D eigenvalue weighted by Crippen LogP contribution is -2.17. The third-order valence-corrected chi connectivity index (χ3v) is 3.13. The van der Waals surface area contributed by atoms with Crippen LogP contribution in [-0.2, 0) is 0 Å². The van der Waals surface area contributed by atoms with Crippen LogP contribution in [0.2, 0.25) is 0 Å². The van der Waals surface area contributed by atoms with E-state index in [4.69, 9.17) is 5.73 Å². The predicted molar refractivity (Wildman–Crippen MR) is 61.5 cm³/mol. The van der Waals surface area contributed by atoms with Crippen molar-refractivity contribution < 1.29 is 4.39 Å². The highest BCUT2D eigenvalue weighted by molar-refractivity contribution is 5.39. The summed E-state index contributed by atoms with van der Waals surface area (Å²) in [4.78, 5) is 7.43. The Hall–Kier alpha value is -1.39. The maximum absolute atomic E-state index is 13.3. The summed E-state index contributed by atoms with van der Waals surface area (Å²) < 4.78 is 13.3. The van der Waals surface area contributed by atoms with Crippen molar-refractivity contribution in [1.29, 1.82) is 0 Å². The normalized spacial score (nSPS) is 17.1. The van der Waals surface area contributed by atoms with Crippen molar-refractivity contribution in [3.8, 4) is 0 Å². The molecule has 0 radical (unpaired) electrons. The molecule has 0 aromatic carbocycles. The summed E-state index contributed by atoms with van der Waals surface area (Å²) in [7, 11) is 0. The van der Waals surface area contributed by atoms with E-state index in [-0.39, 0.29) is 11.8 Å². The number of rotatable bonds is 5. The molecule has 3 N–H and O–H groups in total. The van der Waals surface area contributed by atoms with Gasteiger partial charge in [-0.2, -0.15) is 4.98 Å². The Morgan fingerprint density at radius 1 is 1.56 bits per heavy atom. The lowest BCUT2D eigenvalue weighted by atomic mass is 10.0. The minimum atomic E-state index is -0.443. The molecule has 4 nitrogen and oxygen atoms in total. The molecule has 1 aliphatic rings. The highest BCUT2D eigenvalue weighted by Crippen LogP contribution is 2.49. The summed E-state index contributed by atoms with van der Waals surface area (Å²) in [6.45, 7) is 2.94. The molecule has 0 atom stereocenters. The molecule has 1 aromatic heterocycles. The van der Waals surface area contributed by atoms with Crippen LogP contribution in [0.25, 0.3) is 0 Å². The van der Waals surface area contributed by atoms with Crippen molar-refractivity contribution in [1.82, 2.24) is 9.97 Å². The first kappa shape index (κ1) is 11.1. The first-order chi connectivity index (χ1) is 7.65. The zero-order chi connectivity index (χ0) is 11.6. The van der Waals surface area contributed by atoms with Crippen LogP contribution in [0.5, 0.6) is 0 Å². The first-order valence-electron chi connectivity index (χ1n) is 5.67. The molecule has 0 unspecified atom stereocenters. The minimum Gasteiger partial charge on any atom is -0.368 e. The molecule has 2 rings (SSSR count). The Balaban J connectivity index is 1.97. The predicted octanol–water partition coefficient (Wildman–Crippen LogP) is 2.19. The third kappa shape index (κ3) is 2.40. The van der Waals surface area contributed by atoms with Gasteiger partial charge in [0.05, 0.1) is 6.20 Å². The van der Waals surface area contributed by atoms with Crippen molar-refractivity contribution in [2.24, 2.45) is 5.41 Å². The first-order valence-corrected chi connectivity index (χ1v) is 5.67. The number of aromatic nitrogens is 2. The molecule has 0 amide bonds. The van der Waals surface area contributed by atoms with E-state index in [9.17, 15) is 4.39 Å². The largest absolute Gasteiger partial charge is 0.368 e. The molecule has 1 aromatic rings. The Morgan fingerprint density at radius 2 is 2.31 bits per heavy atom. The molecular weight excluding hydrogens is 207 g/mol. The molecule has 1 heterocycles. The van der Waals surface area contributed by atoms with Crippen LogP contribution in [0.15, 0.2) is 6.20 Å². The summed E-state index contributed by atoms with van der Waals surface area (Å²) in [6.07, 6.45) is 5.88. The van der Waals surface area contributed by atoms with Crippen molar-refractivity contribution in [3.63, 3.8) is 0 Å². The second-order valence-corrected chi connectivity index (χ2v) is 4.53. The van der Waals surface area contributed by atoms with E-state index < -0.39 is 5.82 Å². The van der Waals surface area contributed by atoms with Gasteiger partial charge >= 0.3 is 0 Å². The van der Waals surface area contributed by atoms with Gasteiger partial charge in [0.15, 0.2) is 11.6 Å². The van der Waals surface area contributed by atoms with Gasteiger partial charge in [-0.3, -0.25) is 0 Å². The van der Waals surface area contributed by atoms with Crippen LogP contribution in [0.4, 0.5) is 16.2 Å². The molecule has 0 saturated heterocycles. The average molecular weight is 224 g/mol. The van der Waals surface area contributed by atoms with Crippen LogP contribution in [0.1, 0.15) is 32.6 Å². The van der Waals surface area contributed by atoms with Crippen molar-refractivity contribution in [2.75, 3.05) is 17.6 Å². The zero-order valence-corrected chi connectivity index (χ0v) is 9.46. The van der Waals surface area contributed by atoms with Gasteiger partial charge in [0.25, 0.3) is 0 Å². The van der Waals surface area contributed by atoms with Gasteiger partial charge in [0.1, 0.15) is 0 Å². The number of nitrogens with one attached hydrogen (secondary N) is 1. The lowest BCUT2D eigenvalue weighted by molar-refractivity contribution is 0.483. The van der Waals surface area contributed by atoms with E-state index in [1.165, 1.54) is 19.3 Å². The van der Waals surface area contributed by atoms with Gasteiger partial charge in [-0.1, -0.05) is 13.3 Å².